The Morgan fingerprint density at radius 2 is 1.85 bits per heavy atom. The van der Waals surface area contributed by atoms with Gasteiger partial charge in [0.05, 0.1) is 14.2 Å². The molecule has 0 saturated carbocycles. The molecule has 1 aromatic carbocycles. The third kappa shape index (κ3) is 4.52. The fourth-order valence-corrected chi connectivity index (χ4v) is 4.08. The van der Waals surface area contributed by atoms with Gasteiger partial charge in [-0.3, -0.25) is 14.5 Å². The van der Waals surface area contributed by atoms with Crippen molar-refractivity contribution in [1.82, 2.24) is 4.90 Å². The van der Waals surface area contributed by atoms with Crippen molar-refractivity contribution in [3.05, 3.63) is 48.6 Å². The molecule has 1 aromatic rings. The maximum Gasteiger partial charge on any atom is 0.320 e. The zero-order valence-corrected chi connectivity index (χ0v) is 15.9. The molecule has 1 saturated heterocycles. The van der Waals surface area contributed by atoms with Crippen LogP contribution in [0, 0.1) is 17.8 Å². The van der Waals surface area contributed by atoms with Gasteiger partial charge in [-0.05, 0) is 43.7 Å². The SMILES string of the molecule is C=CC[C@@H]1[C@@H](C(C(=O)OC)C(=O)OC)CCN(Cc2ccccc2)[C@H]1C. The molecule has 142 valence electrons. The molecule has 5 heteroatoms. The molecule has 2 rings (SSSR count). The molecule has 26 heavy (non-hydrogen) atoms. The summed E-state index contributed by atoms with van der Waals surface area (Å²) in [5, 5.41) is 0. The number of methoxy groups -OCH3 is 2. The molecule has 0 unspecified atom stereocenters. The maximum atomic E-state index is 12.3. The normalized spacial score (nSPS) is 23.5. The molecule has 0 radical (unpaired) electrons. The first kappa shape index (κ1) is 20.2. The van der Waals surface area contributed by atoms with E-state index in [0.717, 1.165) is 25.9 Å². The van der Waals surface area contributed by atoms with Gasteiger partial charge in [-0.25, -0.2) is 0 Å². The quantitative estimate of drug-likeness (QED) is 0.425. The predicted octanol–water partition coefficient (Wildman–Crippen LogP) is 3.05. The van der Waals surface area contributed by atoms with Crippen LogP contribution < -0.4 is 0 Å². The van der Waals surface area contributed by atoms with E-state index < -0.39 is 17.9 Å². The van der Waals surface area contributed by atoms with E-state index >= 15 is 0 Å². The average molecular weight is 359 g/mol. The second-order valence-electron chi connectivity index (χ2n) is 6.86. The van der Waals surface area contributed by atoms with Gasteiger partial charge in [-0.2, -0.15) is 0 Å². The van der Waals surface area contributed by atoms with Crippen LogP contribution in [-0.4, -0.2) is 43.6 Å². The Balaban J connectivity index is 2.22. The van der Waals surface area contributed by atoms with Crippen LogP contribution in [0.5, 0.6) is 0 Å². The van der Waals surface area contributed by atoms with Crippen LogP contribution in [0.25, 0.3) is 0 Å². The third-order valence-corrected chi connectivity index (χ3v) is 5.50. The zero-order chi connectivity index (χ0) is 19.1. The average Bonchev–Trinajstić information content (AvgIpc) is 2.67. The topological polar surface area (TPSA) is 55.8 Å². The first-order valence-electron chi connectivity index (χ1n) is 9.08. The van der Waals surface area contributed by atoms with E-state index in [1.165, 1.54) is 19.8 Å². The Bertz CT molecular complexity index is 600. The maximum absolute atomic E-state index is 12.3. The van der Waals surface area contributed by atoms with Crippen LogP contribution in [0.15, 0.2) is 43.0 Å². The second kappa shape index (κ2) is 9.53. The standard InChI is InChI=1S/C21H29NO4/c1-5-9-17-15(2)22(14-16-10-7-6-8-11-16)13-12-18(17)19(20(23)25-3)21(24)26-4/h5-8,10-11,15,17-19H,1,9,12-14H2,2-4H3/t15-,17-,18-/m0/s1. The molecule has 1 aliphatic rings. The lowest BCUT2D eigenvalue weighted by atomic mass is 9.71. The lowest BCUT2D eigenvalue weighted by Crippen LogP contribution is -2.51. The van der Waals surface area contributed by atoms with Crippen molar-refractivity contribution in [3.63, 3.8) is 0 Å². The monoisotopic (exact) mass is 359 g/mol. The highest BCUT2D eigenvalue weighted by atomic mass is 16.5. The molecule has 1 aliphatic heterocycles. The number of hydrogen-bond acceptors (Lipinski definition) is 5. The van der Waals surface area contributed by atoms with E-state index in [-0.39, 0.29) is 17.9 Å². The lowest BCUT2D eigenvalue weighted by molar-refractivity contribution is -0.164. The minimum Gasteiger partial charge on any atom is -0.468 e. The minimum atomic E-state index is -0.878. The Kier molecular flexibility index (Phi) is 7.39. The fraction of sp³-hybridized carbons (Fsp3) is 0.524. The van der Waals surface area contributed by atoms with Crippen molar-refractivity contribution in [2.75, 3.05) is 20.8 Å². The lowest BCUT2D eigenvalue weighted by Gasteiger charge is -2.45. The minimum absolute atomic E-state index is 0.116. The first-order chi connectivity index (χ1) is 12.5. The van der Waals surface area contributed by atoms with Gasteiger partial charge in [0.15, 0.2) is 5.92 Å². The van der Waals surface area contributed by atoms with Gasteiger partial charge in [0.25, 0.3) is 0 Å². The number of hydrogen-bond donors (Lipinski definition) is 0. The molecule has 0 aliphatic carbocycles. The predicted molar refractivity (Wildman–Crippen MR) is 100 cm³/mol. The summed E-state index contributed by atoms with van der Waals surface area (Å²) >= 11 is 0. The van der Waals surface area contributed by atoms with Crippen molar-refractivity contribution in [3.8, 4) is 0 Å². The summed E-state index contributed by atoms with van der Waals surface area (Å²) in [6, 6.07) is 10.5. The van der Waals surface area contributed by atoms with Crippen molar-refractivity contribution < 1.29 is 19.1 Å². The van der Waals surface area contributed by atoms with Crippen LogP contribution in [0.4, 0.5) is 0 Å². The number of carbonyl (C=O) groups excluding carboxylic acids is 2. The van der Waals surface area contributed by atoms with Gasteiger partial charge in [-0.15, -0.1) is 6.58 Å². The summed E-state index contributed by atoms with van der Waals surface area (Å²) in [5.74, 6) is -1.89. The van der Waals surface area contributed by atoms with Crippen LogP contribution in [0.3, 0.4) is 0 Å². The molecule has 0 bridgehead atoms. The number of allylic oxidation sites excluding steroid dienone is 1. The number of benzene rings is 1. The Morgan fingerprint density at radius 1 is 1.23 bits per heavy atom. The summed E-state index contributed by atoms with van der Waals surface area (Å²) < 4.78 is 9.79. The van der Waals surface area contributed by atoms with E-state index in [9.17, 15) is 9.59 Å². The van der Waals surface area contributed by atoms with E-state index in [4.69, 9.17) is 9.47 Å². The van der Waals surface area contributed by atoms with Gasteiger partial charge in [0.2, 0.25) is 0 Å². The third-order valence-electron chi connectivity index (χ3n) is 5.50. The smallest absolute Gasteiger partial charge is 0.320 e. The molecular weight excluding hydrogens is 330 g/mol. The second-order valence-corrected chi connectivity index (χ2v) is 6.86. The van der Waals surface area contributed by atoms with E-state index in [1.807, 2.05) is 24.3 Å². The molecule has 1 fully saturated rings. The highest BCUT2D eigenvalue weighted by molar-refractivity contribution is 5.95. The molecule has 3 atom stereocenters. The summed E-state index contributed by atoms with van der Waals surface area (Å²) in [7, 11) is 2.63. The van der Waals surface area contributed by atoms with E-state index in [1.54, 1.807) is 0 Å². The zero-order valence-electron chi connectivity index (χ0n) is 15.9. The van der Waals surface area contributed by atoms with Crippen LogP contribution in [0.1, 0.15) is 25.3 Å². The summed E-state index contributed by atoms with van der Waals surface area (Å²) in [6.45, 7) is 7.70. The van der Waals surface area contributed by atoms with Gasteiger partial charge < -0.3 is 9.47 Å². The number of nitrogens with zero attached hydrogens (tertiary/aromatic N) is 1. The highest BCUT2D eigenvalue weighted by Crippen LogP contribution is 2.38. The largest absolute Gasteiger partial charge is 0.468 e. The summed E-state index contributed by atoms with van der Waals surface area (Å²) in [4.78, 5) is 27.0. The van der Waals surface area contributed by atoms with Gasteiger partial charge in [0, 0.05) is 12.6 Å². The molecule has 0 spiro atoms. The number of esters is 2. The van der Waals surface area contributed by atoms with Gasteiger partial charge >= 0.3 is 11.9 Å². The van der Waals surface area contributed by atoms with Gasteiger partial charge in [0.1, 0.15) is 0 Å². The number of likely N-dealkylation sites (tertiary alicyclic amines) is 1. The summed E-state index contributed by atoms with van der Waals surface area (Å²) in [5.41, 5.74) is 1.26. The number of piperidine rings is 1. The number of rotatable bonds is 7. The fourth-order valence-electron chi connectivity index (χ4n) is 4.08. The van der Waals surface area contributed by atoms with Crippen LogP contribution in [0.2, 0.25) is 0 Å². The number of carbonyl (C=O) groups is 2. The highest BCUT2D eigenvalue weighted by Gasteiger charge is 2.45. The Labute approximate surface area is 156 Å². The van der Waals surface area contributed by atoms with Crippen molar-refractivity contribution in [2.24, 2.45) is 17.8 Å². The van der Waals surface area contributed by atoms with Crippen molar-refractivity contribution in [1.29, 1.82) is 0 Å². The molecular formula is C21H29NO4. The summed E-state index contributed by atoms with van der Waals surface area (Å²) in [6.07, 6.45) is 3.35. The van der Waals surface area contributed by atoms with E-state index in [2.05, 4.69) is 30.5 Å². The van der Waals surface area contributed by atoms with Gasteiger partial charge in [-0.1, -0.05) is 36.4 Å². The Morgan fingerprint density at radius 3 is 2.38 bits per heavy atom. The molecule has 1 heterocycles. The molecule has 0 aromatic heterocycles. The number of ether oxygens (including phenoxy) is 2. The van der Waals surface area contributed by atoms with Crippen LogP contribution in [-0.2, 0) is 25.6 Å². The van der Waals surface area contributed by atoms with Crippen LogP contribution >= 0.6 is 0 Å². The Hall–Kier alpha value is -2.14. The molecule has 0 amide bonds. The van der Waals surface area contributed by atoms with Crippen molar-refractivity contribution >= 4 is 11.9 Å². The molecule has 0 N–H and O–H groups in total. The first-order valence-corrected chi connectivity index (χ1v) is 9.08. The molecule has 5 nitrogen and oxygen atoms in total. The van der Waals surface area contributed by atoms with E-state index in [0.29, 0.717) is 0 Å². The van der Waals surface area contributed by atoms with Crippen molar-refractivity contribution in [2.45, 2.75) is 32.4 Å².